The Balaban J connectivity index is 1.78. The molecular formula is C21H18F4O. The highest BCUT2D eigenvalue weighted by Gasteiger charge is 2.30. The zero-order valence-corrected chi connectivity index (χ0v) is 14.3. The van der Waals surface area contributed by atoms with Crippen LogP contribution in [0, 0.1) is 23.6 Å². The SMILES string of the molecule is CCC1CCc2c(ccc(C#Cc3ccc(OC(F)(F)F)cc3)c2F)C1. The molecule has 1 atom stereocenters. The lowest BCUT2D eigenvalue weighted by atomic mass is 9.81. The average Bonchev–Trinajstić information content (AvgIpc) is 2.61. The minimum absolute atomic E-state index is 0.276. The maximum Gasteiger partial charge on any atom is 0.573 e. The molecule has 2 aromatic carbocycles. The fourth-order valence-corrected chi connectivity index (χ4v) is 3.21. The molecule has 136 valence electrons. The molecule has 3 rings (SSSR count). The van der Waals surface area contributed by atoms with Crippen molar-refractivity contribution in [1.29, 1.82) is 0 Å². The first-order chi connectivity index (χ1) is 12.4. The van der Waals surface area contributed by atoms with E-state index >= 15 is 0 Å². The number of halogens is 4. The van der Waals surface area contributed by atoms with Crippen LogP contribution in [0.1, 0.15) is 42.0 Å². The maximum atomic E-state index is 14.7. The first-order valence-electron chi connectivity index (χ1n) is 8.54. The Kier molecular flexibility index (Phi) is 5.22. The van der Waals surface area contributed by atoms with Gasteiger partial charge in [0.05, 0.1) is 5.56 Å². The minimum atomic E-state index is -4.73. The van der Waals surface area contributed by atoms with Gasteiger partial charge in [-0.05, 0) is 66.6 Å². The highest BCUT2D eigenvalue weighted by atomic mass is 19.4. The van der Waals surface area contributed by atoms with Crippen LogP contribution in [-0.4, -0.2) is 6.36 Å². The molecule has 0 aliphatic heterocycles. The molecule has 1 aliphatic rings. The van der Waals surface area contributed by atoms with E-state index in [1.165, 1.54) is 24.3 Å². The maximum absolute atomic E-state index is 14.7. The summed E-state index contributed by atoms with van der Waals surface area (Å²) < 4.78 is 54.9. The van der Waals surface area contributed by atoms with E-state index in [1.54, 1.807) is 6.07 Å². The van der Waals surface area contributed by atoms with E-state index in [1.807, 2.05) is 6.07 Å². The zero-order valence-electron chi connectivity index (χ0n) is 14.3. The molecule has 1 unspecified atom stereocenters. The molecule has 1 aliphatic carbocycles. The third kappa shape index (κ3) is 4.37. The molecule has 0 bridgehead atoms. The summed E-state index contributed by atoms with van der Waals surface area (Å²) in [5.41, 5.74) is 2.60. The van der Waals surface area contributed by atoms with E-state index in [9.17, 15) is 17.6 Å². The van der Waals surface area contributed by atoms with Gasteiger partial charge in [0, 0.05) is 5.56 Å². The Bertz CT molecular complexity index is 841. The van der Waals surface area contributed by atoms with Crippen molar-refractivity contribution in [3.8, 4) is 17.6 Å². The van der Waals surface area contributed by atoms with Crippen molar-refractivity contribution in [2.24, 2.45) is 5.92 Å². The number of rotatable bonds is 2. The zero-order chi connectivity index (χ0) is 18.7. The number of fused-ring (bicyclic) bond motifs is 1. The van der Waals surface area contributed by atoms with Crippen LogP contribution < -0.4 is 4.74 Å². The minimum Gasteiger partial charge on any atom is -0.406 e. The van der Waals surface area contributed by atoms with Crippen LogP contribution in [0.3, 0.4) is 0 Å². The molecule has 0 radical (unpaired) electrons. The van der Waals surface area contributed by atoms with Gasteiger partial charge in [-0.3, -0.25) is 0 Å². The molecule has 1 nitrogen and oxygen atoms in total. The molecule has 0 N–H and O–H groups in total. The fourth-order valence-electron chi connectivity index (χ4n) is 3.21. The van der Waals surface area contributed by atoms with Crippen LogP contribution in [0.15, 0.2) is 36.4 Å². The predicted molar refractivity (Wildman–Crippen MR) is 91.3 cm³/mol. The quantitative estimate of drug-likeness (QED) is 0.496. The summed E-state index contributed by atoms with van der Waals surface area (Å²) >= 11 is 0. The standard InChI is InChI=1S/C21H18F4O/c1-2-14-6-12-19-17(13-14)9-8-16(20(19)22)7-3-15-4-10-18(11-5-15)26-21(23,24)25/h4-5,8-11,14H,2,6,12-13H2,1H3. The van der Waals surface area contributed by atoms with Crippen LogP contribution in [0.5, 0.6) is 5.75 Å². The molecule has 5 heteroatoms. The number of ether oxygens (including phenoxy) is 1. The van der Waals surface area contributed by atoms with Crippen molar-refractivity contribution in [3.05, 3.63) is 64.5 Å². The number of benzene rings is 2. The van der Waals surface area contributed by atoms with Crippen LogP contribution in [0.25, 0.3) is 0 Å². The topological polar surface area (TPSA) is 9.23 Å². The number of alkyl halides is 3. The second-order valence-corrected chi connectivity index (χ2v) is 6.40. The molecule has 0 heterocycles. The summed E-state index contributed by atoms with van der Waals surface area (Å²) in [4.78, 5) is 0. The highest BCUT2D eigenvalue weighted by Crippen LogP contribution is 2.30. The molecule has 0 fully saturated rings. The largest absolute Gasteiger partial charge is 0.573 e. The summed E-state index contributed by atoms with van der Waals surface area (Å²) in [5, 5.41) is 0. The smallest absolute Gasteiger partial charge is 0.406 e. The molecule has 0 spiro atoms. The fraction of sp³-hybridized carbons (Fsp3) is 0.333. The molecular weight excluding hydrogens is 344 g/mol. The van der Waals surface area contributed by atoms with Gasteiger partial charge in [-0.2, -0.15) is 0 Å². The number of hydrogen-bond acceptors (Lipinski definition) is 1. The summed E-state index contributed by atoms with van der Waals surface area (Å²) in [6.07, 6.45) is -1.03. The van der Waals surface area contributed by atoms with E-state index < -0.39 is 6.36 Å². The van der Waals surface area contributed by atoms with Gasteiger partial charge in [-0.25, -0.2) is 4.39 Å². The monoisotopic (exact) mass is 362 g/mol. The lowest BCUT2D eigenvalue weighted by Gasteiger charge is -2.24. The van der Waals surface area contributed by atoms with Gasteiger partial charge in [0.25, 0.3) is 0 Å². The first kappa shape index (κ1) is 18.3. The van der Waals surface area contributed by atoms with Gasteiger partial charge in [-0.15, -0.1) is 13.2 Å². The van der Waals surface area contributed by atoms with Crippen LogP contribution in [0.2, 0.25) is 0 Å². The summed E-state index contributed by atoms with van der Waals surface area (Å²) in [5.74, 6) is 5.60. The highest BCUT2D eigenvalue weighted by molar-refractivity contribution is 5.48. The Morgan fingerprint density at radius 1 is 1.08 bits per heavy atom. The van der Waals surface area contributed by atoms with E-state index in [2.05, 4.69) is 23.5 Å². The molecule has 0 aromatic heterocycles. The van der Waals surface area contributed by atoms with Crippen molar-refractivity contribution in [2.45, 2.75) is 39.0 Å². The van der Waals surface area contributed by atoms with Gasteiger partial charge in [0.15, 0.2) is 0 Å². The molecule has 0 amide bonds. The molecule has 2 aromatic rings. The summed E-state index contributed by atoms with van der Waals surface area (Å²) in [7, 11) is 0. The molecule has 0 saturated carbocycles. The Labute approximate surface area is 150 Å². The van der Waals surface area contributed by atoms with Gasteiger partial charge in [0.2, 0.25) is 0 Å². The average molecular weight is 362 g/mol. The summed E-state index contributed by atoms with van der Waals surface area (Å²) in [6.45, 7) is 2.15. The lowest BCUT2D eigenvalue weighted by Crippen LogP contribution is -2.16. The van der Waals surface area contributed by atoms with Crippen molar-refractivity contribution in [1.82, 2.24) is 0 Å². The van der Waals surface area contributed by atoms with Crippen LogP contribution in [-0.2, 0) is 12.8 Å². The molecule has 0 saturated heterocycles. The first-order valence-corrected chi connectivity index (χ1v) is 8.54. The predicted octanol–water partition coefficient (Wildman–Crippen LogP) is 5.64. The third-order valence-electron chi connectivity index (χ3n) is 4.66. The van der Waals surface area contributed by atoms with Gasteiger partial charge < -0.3 is 4.74 Å². The van der Waals surface area contributed by atoms with E-state index in [4.69, 9.17) is 0 Å². The Morgan fingerprint density at radius 2 is 1.81 bits per heavy atom. The Morgan fingerprint density at radius 3 is 2.46 bits per heavy atom. The van der Waals surface area contributed by atoms with E-state index in [0.29, 0.717) is 17.0 Å². The lowest BCUT2D eigenvalue weighted by molar-refractivity contribution is -0.274. The second-order valence-electron chi connectivity index (χ2n) is 6.40. The van der Waals surface area contributed by atoms with Gasteiger partial charge in [0.1, 0.15) is 11.6 Å². The summed E-state index contributed by atoms with van der Waals surface area (Å²) in [6, 6.07) is 8.81. The normalized spacial score (nSPS) is 16.4. The second kappa shape index (κ2) is 7.41. The van der Waals surface area contributed by atoms with E-state index in [0.717, 1.165) is 36.8 Å². The van der Waals surface area contributed by atoms with Crippen molar-refractivity contribution >= 4 is 0 Å². The van der Waals surface area contributed by atoms with Crippen LogP contribution in [0.4, 0.5) is 17.6 Å². The molecule has 26 heavy (non-hydrogen) atoms. The third-order valence-corrected chi connectivity index (χ3v) is 4.66. The van der Waals surface area contributed by atoms with Gasteiger partial charge in [-0.1, -0.05) is 31.3 Å². The number of hydrogen-bond donors (Lipinski definition) is 0. The van der Waals surface area contributed by atoms with Crippen LogP contribution >= 0.6 is 0 Å². The Hall–Kier alpha value is -2.48. The van der Waals surface area contributed by atoms with Crippen molar-refractivity contribution in [3.63, 3.8) is 0 Å². The van der Waals surface area contributed by atoms with Gasteiger partial charge >= 0.3 is 6.36 Å². The van der Waals surface area contributed by atoms with Crippen molar-refractivity contribution < 1.29 is 22.3 Å². The van der Waals surface area contributed by atoms with Crippen molar-refractivity contribution in [2.75, 3.05) is 0 Å². The van der Waals surface area contributed by atoms with E-state index in [-0.39, 0.29) is 11.6 Å².